The molecule has 1 aromatic heterocycles. The number of hydrogen-bond acceptors (Lipinski definition) is 3. The number of carbonyl (C=O) groups excluding carboxylic acids is 1. The Hall–Kier alpha value is -2.99. The Morgan fingerprint density at radius 1 is 1.10 bits per heavy atom. The van der Waals surface area contributed by atoms with Gasteiger partial charge in [0.1, 0.15) is 11.8 Å². The molecule has 1 heterocycles. The summed E-state index contributed by atoms with van der Waals surface area (Å²) in [6, 6.07) is 19.0. The molecule has 3 heteroatoms. The highest BCUT2D eigenvalue weighted by atomic mass is 16.1. The number of benzene rings is 2. The van der Waals surface area contributed by atoms with E-state index in [0.717, 1.165) is 22.0 Å². The summed E-state index contributed by atoms with van der Waals surface area (Å²) in [5.74, 6) is 0.00380. The minimum atomic E-state index is 0.00380. The third-order valence-electron chi connectivity index (χ3n) is 3.41. The number of rotatable bonds is 2. The fraction of sp³-hybridized carbons (Fsp3) is 0.0556. The lowest BCUT2D eigenvalue weighted by Crippen LogP contribution is -1.94. The van der Waals surface area contributed by atoms with Gasteiger partial charge in [-0.15, -0.1) is 0 Å². The maximum atomic E-state index is 11.5. The van der Waals surface area contributed by atoms with Gasteiger partial charge < -0.3 is 0 Å². The van der Waals surface area contributed by atoms with Gasteiger partial charge in [0.25, 0.3) is 0 Å². The molecule has 0 fully saturated rings. The summed E-state index contributed by atoms with van der Waals surface area (Å²) in [4.78, 5) is 15.9. The summed E-state index contributed by atoms with van der Waals surface area (Å²) >= 11 is 0. The molecule has 0 aliphatic carbocycles. The Morgan fingerprint density at radius 3 is 2.67 bits per heavy atom. The van der Waals surface area contributed by atoms with Crippen molar-refractivity contribution in [1.29, 1.82) is 5.26 Å². The highest BCUT2D eigenvalue weighted by Crippen LogP contribution is 2.27. The molecule has 0 atom stereocenters. The first-order chi connectivity index (χ1) is 10.2. The maximum Gasteiger partial charge on any atom is 0.159 e. The van der Waals surface area contributed by atoms with Crippen molar-refractivity contribution >= 4 is 16.7 Å². The van der Waals surface area contributed by atoms with Crippen molar-refractivity contribution in [3.63, 3.8) is 0 Å². The van der Waals surface area contributed by atoms with E-state index in [9.17, 15) is 10.1 Å². The quantitative estimate of drug-likeness (QED) is 0.663. The van der Waals surface area contributed by atoms with E-state index in [1.165, 1.54) is 6.92 Å². The van der Waals surface area contributed by atoms with E-state index in [1.54, 1.807) is 12.1 Å². The molecular formula is C18H12N2O. The minimum absolute atomic E-state index is 0.00380. The minimum Gasteiger partial charge on any atom is -0.295 e. The molecule has 3 rings (SSSR count). The second-order valence-electron chi connectivity index (χ2n) is 4.83. The van der Waals surface area contributed by atoms with E-state index in [2.05, 4.69) is 11.1 Å². The fourth-order valence-electron chi connectivity index (χ4n) is 2.33. The number of nitrogens with zero attached hydrogens (tertiary/aromatic N) is 2. The normalized spacial score (nSPS) is 10.3. The van der Waals surface area contributed by atoms with Gasteiger partial charge in [0.2, 0.25) is 0 Å². The van der Waals surface area contributed by atoms with Crippen molar-refractivity contribution in [2.45, 2.75) is 6.92 Å². The lowest BCUT2D eigenvalue weighted by atomic mass is 9.99. The largest absolute Gasteiger partial charge is 0.295 e. The van der Waals surface area contributed by atoms with Crippen molar-refractivity contribution in [2.24, 2.45) is 0 Å². The van der Waals surface area contributed by atoms with Gasteiger partial charge in [0.05, 0.1) is 5.52 Å². The van der Waals surface area contributed by atoms with Crippen LogP contribution >= 0.6 is 0 Å². The molecular weight excluding hydrogens is 260 g/mol. The molecule has 0 aliphatic heterocycles. The Morgan fingerprint density at radius 2 is 1.90 bits per heavy atom. The van der Waals surface area contributed by atoms with Crippen LogP contribution < -0.4 is 0 Å². The summed E-state index contributed by atoms with van der Waals surface area (Å²) in [5, 5.41) is 10.3. The van der Waals surface area contributed by atoms with Gasteiger partial charge in [-0.1, -0.05) is 36.4 Å². The molecule has 3 nitrogen and oxygen atoms in total. The molecule has 0 spiro atoms. The number of nitriles is 1. The van der Waals surface area contributed by atoms with Crippen LogP contribution in [0.1, 0.15) is 23.0 Å². The zero-order valence-corrected chi connectivity index (χ0v) is 11.5. The van der Waals surface area contributed by atoms with Crippen molar-refractivity contribution in [1.82, 2.24) is 4.98 Å². The van der Waals surface area contributed by atoms with E-state index >= 15 is 0 Å². The SMILES string of the molecule is CC(=O)c1cccc(-c2cc3ccccc3nc2C#N)c1. The number of ketones is 1. The highest BCUT2D eigenvalue weighted by molar-refractivity contribution is 5.96. The molecule has 2 aromatic carbocycles. The number of fused-ring (bicyclic) bond motifs is 1. The highest BCUT2D eigenvalue weighted by Gasteiger charge is 2.10. The molecule has 0 saturated carbocycles. The number of pyridine rings is 1. The van der Waals surface area contributed by atoms with Gasteiger partial charge >= 0.3 is 0 Å². The lowest BCUT2D eigenvalue weighted by Gasteiger charge is -2.07. The number of para-hydroxylation sites is 1. The zero-order chi connectivity index (χ0) is 14.8. The molecule has 0 radical (unpaired) electrons. The first-order valence-corrected chi connectivity index (χ1v) is 6.60. The topological polar surface area (TPSA) is 53.8 Å². The molecule has 0 aliphatic rings. The summed E-state index contributed by atoms with van der Waals surface area (Å²) in [6.45, 7) is 1.53. The summed E-state index contributed by atoms with van der Waals surface area (Å²) < 4.78 is 0. The Bertz CT molecular complexity index is 891. The molecule has 21 heavy (non-hydrogen) atoms. The Labute approximate surface area is 122 Å². The average Bonchev–Trinajstić information content (AvgIpc) is 2.53. The molecule has 0 N–H and O–H groups in total. The van der Waals surface area contributed by atoms with E-state index in [4.69, 9.17) is 0 Å². The van der Waals surface area contributed by atoms with Crippen LogP contribution in [0.5, 0.6) is 0 Å². The van der Waals surface area contributed by atoms with Crippen molar-refractivity contribution in [3.8, 4) is 17.2 Å². The summed E-state index contributed by atoms with van der Waals surface area (Å²) in [7, 11) is 0. The molecule has 0 bridgehead atoms. The first kappa shape index (κ1) is 13.0. The Balaban J connectivity index is 2.26. The van der Waals surface area contributed by atoms with Crippen molar-refractivity contribution in [3.05, 3.63) is 65.9 Å². The molecule has 0 saturated heterocycles. The maximum absolute atomic E-state index is 11.5. The average molecular weight is 272 g/mol. The van der Waals surface area contributed by atoms with Gasteiger partial charge in [-0.25, -0.2) is 4.98 Å². The van der Waals surface area contributed by atoms with Gasteiger partial charge in [0, 0.05) is 16.5 Å². The van der Waals surface area contributed by atoms with Crippen LogP contribution in [-0.2, 0) is 0 Å². The number of aromatic nitrogens is 1. The number of Topliss-reactive ketones (excluding diaryl/α,β-unsaturated/α-hetero) is 1. The van der Waals surface area contributed by atoms with Gasteiger partial charge in [-0.2, -0.15) is 5.26 Å². The predicted octanol–water partition coefficient (Wildman–Crippen LogP) is 3.98. The van der Waals surface area contributed by atoms with E-state index < -0.39 is 0 Å². The van der Waals surface area contributed by atoms with Crippen LogP contribution in [0, 0.1) is 11.3 Å². The van der Waals surface area contributed by atoms with Gasteiger partial charge in [0.15, 0.2) is 5.78 Å². The zero-order valence-electron chi connectivity index (χ0n) is 11.5. The number of carbonyl (C=O) groups is 1. The number of hydrogen-bond donors (Lipinski definition) is 0. The van der Waals surface area contributed by atoms with E-state index in [-0.39, 0.29) is 5.78 Å². The van der Waals surface area contributed by atoms with Crippen LogP contribution in [0.3, 0.4) is 0 Å². The molecule has 0 unspecified atom stereocenters. The first-order valence-electron chi connectivity index (χ1n) is 6.60. The van der Waals surface area contributed by atoms with E-state index in [1.807, 2.05) is 42.5 Å². The lowest BCUT2D eigenvalue weighted by molar-refractivity contribution is 0.101. The molecule has 0 amide bonds. The third kappa shape index (κ3) is 2.39. The third-order valence-corrected chi connectivity index (χ3v) is 3.41. The monoisotopic (exact) mass is 272 g/mol. The predicted molar refractivity (Wildman–Crippen MR) is 81.9 cm³/mol. The van der Waals surface area contributed by atoms with Gasteiger partial charge in [-0.05, 0) is 30.7 Å². The second-order valence-corrected chi connectivity index (χ2v) is 4.83. The van der Waals surface area contributed by atoms with E-state index in [0.29, 0.717) is 11.3 Å². The molecule has 100 valence electrons. The summed E-state index contributed by atoms with van der Waals surface area (Å²) in [6.07, 6.45) is 0. The van der Waals surface area contributed by atoms with Crippen LogP contribution in [0.15, 0.2) is 54.6 Å². The van der Waals surface area contributed by atoms with Crippen LogP contribution in [-0.4, -0.2) is 10.8 Å². The Kier molecular flexibility index (Phi) is 3.21. The standard InChI is InChI=1S/C18H12N2O/c1-12(21)13-6-4-7-14(9-13)16-10-15-5-2-3-8-17(15)20-18(16)11-19/h2-10H,1H3. The molecule has 3 aromatic rings. The van der Waals surface area contributed by atoms with Crippen molar-refractivity contribution in [2.75, 3.05) is 0 Å². The smallest absolute Gasteiger partial charge is 0.159 e. The summed E-state index contributed by atoms with van der Waals surface area (Å²) in [5.41, 5.74) is 3.37. The van der Waals surface area contributed by atoms with Crippen LogP contribution in [0.25, 0.3) is 22.0 Å². The van der Waals surface area contributed by atoms with Crippen molar-refractivity contribution < 1.29 is 4.79 Å². The van der Waals surface area contributed by atoms with Crippen LogP contribution in [0.2, 0.25) is 0 Å². The second kappa shape index (κ2) is 5.18. The van der Waals surface area contributed by atoms with Gasteiger partial charge in [-0.3, -0.25) is 4.79 Å². The fourth-order valence-corrected chi connectivity index (χ4v) is 2.33. The van der Waals surface area contributed by atoms with Crippen LogP contribution in [0.4, 0.5) is 0 Å².